The number of thiophene rings is 1. The summed E-state index contributed by atoms with van der Waals surface area (Å²) < 4.78 is 25.3. The lowest BCUT2D eigenvalue weighted by Crippen LogP contribution is -2.31. The second-order valence-corrected chi connectivity index (χ2v) is 7.76. The van der Waals surface area contributed by atoms with E-state index < -0.39 is 11.8 Å². The van der Waals surface area contributed by atoms with Crippen molar-refractivity contribution < 1.29 is 23.5 Å². The number of methoxy groups -OCH3 is 1. The molecule has 1 heterocycles. The van der Waals surface area contributed by atoms with Crippen LogP contribution in [0.5, 0.6) is 0 Å². The maximum Gasteiger partial charge on any atom is 0.349 e. The molecule has 0 fully saturated rings. The molecule has 0 N–H and O–H groups in total. The topological polar surface area (TPSA) is 55.8 Å². The first-order valence-corrected chi connectivity index (χ1v) is 9.88. The summed E-state index contributed by atoms with van der Waals surface area (Å²) in [6.45, 7) is 2.09. The minimum absolute atomic E-state index is 0.0759. The van der Waals surface area contributed by atoms with Crippen LogP contribution in [0.3, 0.4) is 0 Å². The number of amides is 1. The van der Waals surface area contributed by atoms with Gasteiger partial charge in [0.05, 0.1) is 6.61 Å². The van der Waals surface area contributed by atoms with E-state index in [1.807, 2.05) is 31.2 Å². The minimum Gasteiger partial charge on any atom is -0.451 e. The van der Waals surface area contributed by atoms with Crippen LogP contribution in [0.4, 0.5) is 4.39 Å². The van der Waals surface area contributed by atoms with E-state index in [9.17, 15) is 14.0 Å². The molecule has 1 amide bonds. The van der Waals surface area contributed by atoms with E-state index in [1.165, 1.54) is 18.1 Å². The molecule has 0 aliphatic carbocycles. The Labute approximate surface area is 172 Å². The van der Waals surface area contributed by atoms with Crippen molar-refractivity contribution in [1.29, 1.82) is 0 Å². The molecule has 3 aromatic rings. The molecule has 0 spiro atoms. The van der Waals surface area contributed by atoms with E-state index in [0.29, 0.717) is 22.2 Å². The summed E-state index contributed by atoms with van der Waals surface area (Å²) in [6.07, 6.45) is 0. The Bertz CT molecular complexity index is 1050. The van der Waals surface area contributed by atoms with Gasteiger partial charge in [0.1, 0.15) is 10.7 Å². The maximum absolute atomic E-state index is 14.2. The molecule has 2 aromatic carbocycles. The van der Waals surface area contributed by atoms with Crippen LogP contribution in [-0.2, 0) is 27.4 Å². The average molecular weight is 415 g/mol. The fourth-order valence-corrected chi connectivity index (χ4v) is 4.16. The predicted octanol–water partition coefficient (Wildman–Crippen LogP) is 4.31. The summed E-state index contributed by atoms with van der Waals surface area (Å²) in [4.78, 5) is 26.8. The molecule has 0 radical (unpaired) electrons. The van der Waals surface area contributed by atoms with Crippen LogP contribution in [0, 0.1) is 12.7 Å². The fraction of sp³-hybridized carbons (Fsp3) is 0.273. The molecule has 0 saturated carbocycles. The Balaban J connectivity index is 1.70. The number of aryl methyl sites for hydroxylation is 1. The van der Waals surface area contributed by atoms with Crippen LogP contribution in [0.2, 0.25) is 0 Å². The molecule has 5 nitrogen and oxygen atoms in total. The zero-order chi connectivity index (χ0) is 21.0. The summed E-state index contributed by atoms with van der Waals surface area (Å²) in [6, 6.07) is 12.4. The number of hydrogen-bond acceptors (Lipinski definition) is 5. The van der Waals surface area contributed by atoms with Crippen LogP contribution in [-0.4, -0.2) is 37.5 Å². The van der Waals surface area contributed by atoms with Gasteiger partial charge in [-0.15, -0.1) is 11.3 Å². The first-order valence-electron chi connectivity index (χ1n) is 9.06. The van der Waals surface area contributed by atoms with Gasteiger partial charge in [0.25, 0.3) is 5.91 Å². The molecule has 7 heteroatoms. The van der Waals surface area contributed by atoms with Crippen LogP contribution in [0.15, 0.2) is 42.5 Å². The highest BCUT2D eigenvalue weighted by Gasteiger charge is 2.23. The Kier molecular flexibility index (Phi) is 6.61. The molecule has 0 unspecified atom stereocenters. The van der Waals surface area contributed by atoms with Crippen LogP contribution in [0.1, 0.15) is 26.4 Å². The summed E-state index contributed by atoms with van der Waals surface area (Å²) in [5, 5.41) is 0.356. The molecule has 0 saturated heterocycles. The number of hydrogen-bond donors (Lipinski definition) is 0. The van der Waals surface area contributed by atoms with E-state index in [4.69, 9.17) is 9.47 Å². The lowest BCUT2D eigenvalue weighted by Gasteiger charge is -2.18. The van der Waals surface area contributed by atoms with Gasteiger partial charge in [-0.25, -0.2) is 9.18 Å². The van der Waals surface area contributed by atoms with Crippen molar-refractivity contribution in [2.75, 3.05) is 20.8 Å². The van der Waals surface area contributed by atoms with E-state index in [2.05, 4.69) is 0 Å². The summed E-state index contributed by atoms with van der Waals surface area (Å²) in [5.41, 5.74) is 2.55. The first kappa shape index (κ1) is 21.0. The third kappa shape index (κ3) is 4.63. The number of ether oxygens (including phenoxy) is 2. The first-order chi connectivity index (χ1) is 13.9. The van der Waals surface area contributed by atoms with E-state index in [0.717, 1.165) is 22.5 Å². The lowest BCUT2D eigenvalue weighted by atomic mass is 10.1. The van der Waals surface area contributed by atoms with Crippen molar-refractivity contribution in [1.82, 2.24) is 4.90 Å². The summed E-state index contributed by atoms with van der Waals surface area (Å²) >= 11 is 1.13. The number of carbonyl (C=O) groups excluding carboxylic acids is 2. The van der Waals surface area contributed by atoms with Gasteiger partial charge < -0.3 is 14.4 Å². The van der Waals surface area contributed by atoms with Crippen molar-refractivity contribution in [3.63, 3.8) is 0 Å². The van der Waals surface area contributed by atoms with Crippen molar-refractivity contribution in [3.05, 3.63) is 69.8 Å². The fourth-order valence-electron chi connectivity index (χ4n) is 3.05. The number of nitrogens with zero attached hydrogens (tertiary/aromatic N) is 1. The number of likely N-dealkylation sites (N-methyl/N-ethyl adjacent to an activating group) is 1. The Morgan fingerprint density at radius 1 is 1.14 bits per heavy atom. The second-order valence-electron chi connectivity index (χ2n) is 6.71. The summed E-state index contributed by atoms with van der Waals surface area (Å²) in [7, 11) is 3.14. The highest BCUT2D eigenvalue weighted by Crippen LogP contribution is 2.34. The quantitative estimate of drug-likeness (QED) is 0.540. The molecular formula is C22H22FNO4S. The van der Waals surface area contributed by atoms with Crippen molar-refractivity contribution >= 4 is 33.3 Å². The Hall–Kier alpha value is -2.77. The SMILES string of the molecule is COCc1c(C(=O)OCC(=O)N(C)Cc2ccccc2C)sc2cccc(F)c12. The van der Waals surface area contributed by atoms with Gasteiger partial charge in [-0.05, 0) is 30.2 Å². The van der Waals surface area contributed by atoms with Crippen LogP contribution < -0.4 is 0 Å². The molecule has 29 heavy (non-hydrogen) atoms. The highest BCUT2D eigenvalue weighted by molar-refractivity contribution is 7.21. The van der Waals surface area contributed by atoms with E-state index in [-0.39, 0.29) is 24.0 Å². The van der Waals surface area contributed by atoms with Gasteiger partial charge >= 0.3 is 5.97 Å². The lowest BCUT2D eigenvalue weighted by molar-refractivity contribution is -0.133. The Morgan fingerprint density at radius 3 is 2.62 bits per heavy atom. The standard InChI is InChI=1S/C22H22FNO4S/c1-14-7-4-5-8-15(14)11-24(2)19(25)13-28-22(26)21-16(12-27-3)20-17(23)9-6-10-18(20)29-21/h4-10H,11-13H2,1-3H3. The predicted molar refractivity (Wildman–Crippen MR) is 110 cm³/mol. The van der Waals surface area contributed by atoms with Gasteiger partial charge in [0.2, 0.25) is 0 Å². The normalized spacial score (nSPS) is 10.9. The molecule has 152 valence electrons. The number of benzene rings is 2. The van der Waals surface area contributed by atoms with Gasteiger partial charge in [-0.3, -0.25) is 4.79 Å². The molecule has 3 rings (SSSR count). The molecule has 1 aromatic heterocycles. The monoisotopic (exact) mass is 415 g/mol. The molecule has 0 aliphatic heterocycles. The largest absolute Gasteiger partial charge is 0.451 e. The van der Waals surface area contributed by atoms with E-state index >= 15 is 0 Å². The van der Waals surface area contributed by atoms with Crippen LogP contribution >= 0.6 is 11.3 Å². The van der Waals surface area contributed by atoms with Crippen molar-refractivity contribution in [2.24, 2.45) is 0 Å². The highest BCUT2D eigenvalue weighted by atomic mass is 32.1. The smallest absolute Gasteiger partial charge is 0.349 e. The zero-order valence-corrected chi connectivity index (χ0v) is 17.3. The third-order valence-corrected chi connectivity index (χ3v) is 5.84. The van der Waals surface area contributed by atoms with Gasteiger partial charge in [-0.2, -0.15) is 0 Å². The number of halogens is 1. The molecular weight excluding hydrogens is 393 g/mol. The van der Waals surface area contributed by atoms with Crippen molar-refractivity contribution in [2.45, 2.75) is 20.1 Å². The van der Waals surface area contributed by atoms with Crippen molar-refractivity contribution in [3.8, 4) is 0 Å². The van der Waals surface area contributed by atoms with Crippen LogP contribution in [0.25, 0.3) is 10.1 Å². The second kappa shape index (κ2) is 9.15. The van der Waals surface area contributed by atoms with Gasteiger partial charge in [0.15, 0.2) is 6.61 Å². The average Bonchev–Trinajstić information content (AvgIpc) is 3.08. The molecule has 0 aliphatic rings. The van der Waals surface area contributed by atoms with Gasteiger partial charge in [0, 0.05) is 36.4 Å². The molecule has 0 atom stereocenters. The number of esters is 1. The third-order valence-electron chi connectivity index (χ3n) is 4.66. The minimum atomic E-state index is -0.657. The number of fused-ring (bicyclic) bond motifs is 1. The number of rotatable bonds is 7. The van der Waals surface area contributed by atoms with Gasteiger partial charge in [-0.1, -0.05) is 30.3 Å². The Morgan fingerprint density at radius 2 is 1.90 bits per heavy atom. The maximum atomic E-state index is 14.2. The number of carbonyl (C=O) groups is 2. The molecule has 0 bridgehead atoms. The zero-order valence-electron chi connectivity index (χ0n) is 16.5. The van der Waals surface area contributed by atoms with E-state index in [1.54, 1.807) is 19.2 Å². The summed E-state index contributed by atoms with van der Waals surface area (Å²) in [5.74, 6) is -1.39.